The molecule has 1 N–H and O–H groups in total. The molecule has 1 aliphatic carbocycles. The van der Waals surface area contributed by atoms with E-state index in [-0.39, 0.29) is 6.04 Å². The van der Waals surface area contributed by atoms with Gasteiger partial charge in [-0.05, 0) is 53.8 Å². The van der Waals surface area contributed by atoms with Gasteiger partial charge in [0.05, 0.1) is 11.7 Å². The van der Waals surface area contributed by atoms with E-state index in [1.54, 1.807) is 0 Å². The number of ether oxygens (including phenoxy) is 2. The summed E-state index contributed by atoms with van der Waals surface area (Å²) in [5.74, 6) is 2.70. The van der Waals surface area contributed by atoms with Crippen molar-refractivity contribution in [3.63, 3.8) is 0 Å². The molecule has 4 heteroatoms. The molecule has 0 amide bonds. The maximum Gasteiger partial charge on any atom is 0.142 e. The number of benzene rings is 3. The normalized spacial score (nSPS) is 21.4. The van der Waals surface area contributed by atoms with E-state index in [2.05, 4.69) is 69.8 Å². The highest BCUT2D eigenvalue weighted by molar-refractivity contribution is 9.10. The van der Waals surface area contributed by atoms with Crippen LogP contribution in [0.4, 0.5) is 5.69 Å². The third-order valence-corrected chi connectivity index (χ3v) is 6.47. The van der Waals surface area contributed by atoms with Crippen LogP contribution in [0.3, 0.4) is 0 Å². The van der Waals surface area contributed by atoms with E-state index in [1.807, 2.05) is 36.4 Å². The number of para-hydroxylation sites is 2. The Bertz CT molecular complexity index is 1030. The highest BCUT2D eigenvalue weighted by atomic mass is 79.9. The molecule has 3 aromatic rings. The fourth-order valence-electron chi connectivity index (χ4n) is 4.54. The van der Waals surface area contributed by atoms with Gasteiger partial charge in [0.15, 0.2) is 0 Å². The standard InChI is InChI=1S/C26H24BrNO2/c27-19-14-12-18(13-15-19)25-22-9-4-8-21(22)23-10-5-11-24(26(23)28-25)30-17-16-29-20-6-2-1-3-7-20/h1-8,10-15,21-22,25,28H,9,16-17H2. The molecule has 3 unspecified atom stereocenters. The van der Waals surface area contributed by atoms with Crippen LogP contribution in [0.5, 0.6) is 11.5 Å². The largest absolute Gasteiger partial charge is 0.490 e. The number of rotatable bonds is 6. The number of anilines is 1. The van der Waals surface area contributed by atoms with E-state index in [1.165, 1.54) is 11.1 Å². The Morgan fingerprint density at radius 3 is 2.50 bits per heavy atom. The number of nitrogens with one attached hydrogen (secondary N) is 1. The van der Waals surface area contributed by atoms with Crippen molar-refractivity contribution in [2.75, 3.05) is 18.5 Å². The topological polar surface area (TPSA) is 30.5 Å². The van der Waals surface area contributed by atoms with E-state index in [4.69, 9.17) is 9.47 Å². The predicted molar refractivity (Wildman–Crippen MR) is 124 cm³/mol. The first-order valence-corrected chi connectivity index (χ1v) is 11.2. The Morgan fingerprint density at radius 1 is 0.867 bits per heavy atom. The van der Waals surface area contributed by atoms with Crippen LogP contribution in [0, 0.1) is 5.92 Å². The molecule has 0 bridgehead atoms. The average molecular weight is 462 g/mol. The molecule has 3 atom stereocenters. The molecular formula is C26H24BrNO2. The Kier molecular flexibility index (Phi) is 5.50. The zero-order chi connectivity index (χ0) is 20.3. The van der Waals surface area contributed by atoms with Gasteiger partial charge in [0.25, 0.3) is 0 Å². The molecule has 30 heavy (non-hydrogen) atoms. The summed E-state index contributed by atoms with van der Waals surface area (Å²) < 4.78 is 13.0. The summed E-state index contributed by atoms with van der Waals surface area (Å²) in [6, 6.07) is 25.1. The summed E-state index contributed by atoms with van der Waals surface area (Å²) in [4.78, 5) is 0. The summed E-state index contributed by atoms with van der Waals surface area (Å²) in [6.07, 6.45) is 5.77. The molecule has 0 aromatic heterocycles. The van der Waals surface area contributed by atoms with Crippen LogP contribution in [0.25, 0.3) is 0 Å². The maximum atomic E-state index is 6.16. The second kappa shape index (κ2) is 8.57. The minimum absolute atomic E-state index is 0.260. The monoisotopic (exact) mass is 461 g/mol. The Morgan fingerprint density at radius 2 is 1.67 bits per heavy atom. The van der Waals surface area contributed by atoms with E-state index in [9.17, 15) is 0 Å². The minimum Gasteiger partial charge on any atom is -0.490 e. The highest BCUT2D eigenvalue weighted by Gasteiger charge is 2.38. The first-order chi connectivity index (χ1) is 14.8. The number of hydrogen-bond acceptors (Lipinski definition) is 3. The van der Waals surface area contributed by atoms with Crippen molar-refractivity contribution in [1.29, 1.82) is 0 Å². The van der Waals surface area contributed by atoms with Crippen LogP contribution < -0.4 is 14.8 Å². The lowest BCUT2D eigenvalue weighted by atomic mass is 9.77. The molecular weight excluding hydrogens is 438 g/mol. The van der Waals surface area contributed by atoms with Crippen molar-refractivity contribution in [3.8, 4) is 11.5 Å². The zero-order valence-corrected chi connectivity index (χ0v) is 18.2. The van der Waals surface area contributed by atoms with Crippen LogP contribution in [0.1, 0.15) is 29.5 Å². The fraction of sp³-hybridized carbons (Fsp3) is 0.231. The second-order valence-corrected chi connectivity index (χ2v) is 8.67. The van der Waals surface area contributed by atoms with Crippen LogP contribution >= 0.6 is 15.9 Å². The fourth-order valence-corrected chi connectivity index (χ4v) is 4.81. The SMILES string of the molecule is Brc1ccc(C2Nc3c(OCCOc4ccccc4)cccc3C3C=CCC32)cc1. The first kappa shape index (κ1) is 19.3. The lowest BCUT2D eigenvalue weighted by Crippen LogP contribution is -2.29. The van der Waals surface area contributed by atoms with Gasteiger partial charge >= 0.3 is 0 Å². The number of hydrogen-bond donors (Lipinski definition) is 1. The molecule has 0 saturated heterocycles. The molecule has 5 rings (SSSR count). The molecule has 1 aliphatic heterocycles. The van der Waals surface area contributed by atoms with Gasteiger partial charge in [-0.2, -0.15) is 0 Å². The number of fused-ring (bicyclic) bond motifs is 3. The predicted octanol–water partition coefficient (Wildman–Crippen LogP) is 6.73. The Labute approximate surface area is 185 Å². The Balaban J connectivity index is 1.35. The zero-order valence-electron chi connectivity index (χ0n) is 16.6. The van der Waals surface area contributed by atoms with Gasteiger partial charge in [0.1, 0.15) is 24.7 Å². The summed E-state index contributed by atoms with van der Waals surface area (Å²) in [5, 5.41) is 3.81. The number of allylic oxidation sites excluding steroid dienone is 2. The van der Waals surface area contributed by atoms with Gasteiger partial charge in [-0.25, -0.2) is 0 Å². The molecule has 0 fully saturated rings. The smallest absolute Gasteiger partial charge is 0.142 e. The minimum atomic E-state index is 0.260. The van der Waals surface area contributed by atoms with Crippen molar-refractivity contribution >= 4 is 21.6 Å². The van der Waals surface area contributed by atoms with E-state index >= 15 is 0 Å². The van der Waals surface area contributed by atoms with Crippen molar-refractivity contribution < 1.29 is 9.47 Å². The molecule has 0 saturated carbocycles. The van der Waals surface area contributed by atoms with Crippen LogP contribution in [0.2, 0.25) is 0 Å². The third kappa shape index (κ3) is 3.84. The van der Waals surface area contributed by atoms with Gasteiger partial charge in [0.2, 0.25) is 0 Å². The van der Waals surface area contributed by atoms with Gasteiger partial charge in [-0.3, -0.25) is 0 Å². The molecule has 3 nitrogen and oxygen atoms in total. The molecule has 152 valence electrons. The highest BCUT2D eigenvalue weighted by Crippen LogP contribution is 2.52. The van der Waals surface area contributed by atoms with Crippen molar-refractivity contribution in [2.24, 2.45) is 5.92 Å². The quantitative estimate of drug-likeness (QED) is 0.325. The van der Waals surface area contributed by atoms with Gasteiger partial charge in [-0.15, -0.1) is 0 Å². The molecule has 1 heterocycles. The van der Waals surface area contributed by atoms with Crippen LogP contribution in [-0.2, 0) is 0 Å². The van der Waals surface area contributed by atoms with Gasteiger partial charge in [0, 0.05) is 10.4 Å². The lowest BCUT2D eigenvalue weighted by molar-refractivity contribution is 0.217. The number of halogens is 1. The van der Waals surface area contributed by atoms with E-state index in [0.717, 1.165) is 28.1 Å². The molecule has 2 aliphatic rings. The van der Waals surface area contributed by atoms with Gasteiger partial charge < -0.3 is 14.8 Å². The first-order valence-electron chi connectivity index (χ1n) is 10.4. The van der Waals surface area contributed by atoms with Gasteiger partial charge in [-0.1, -0.05) is 70.5 Å². The average Bonchev–Trinajstić information content (AvgIpc) is 3.28. The van der Waals surface area contributed by atoms with Crippen molar-refractivity contribution in [2.45, 2.75) is 18.4 Å². The summed E-state index contributed by atoms with van der Waals surface area (Å²) in [5.41, 5.74) is 3.74. The lowest BCUT2D eigenvalue weighted by Gasteiger charge is -2.38. The summed E-state index contributed by atoms with van der Waals surface area (Å²) in [7, 11) is 0. The van der Waals surface area contributed by atoms with Crippen LogP contribution in [-0.4, -0.2) is 13.2 Å². The van der Waals surface area contributed by atoms with E-state index in [0.29, 0.717) is 25.0 Å². The second-order valence-electron chi connectivity index (χ2n) is 7.76. The molecule has 3 aromatic carbocycles. The maximum absolute atomic E-state index is 6.16. The Hall–Kier alpha value is -2.72. The summed E-state index contributed by atoms with van der Waals surface area (Å²) in [6.45, 7) is 1.01. The van der Waals surface area contributed by atoms with Crippen molar-refractivity contribution in [1.82, 2.24) is 0 Å². The summed E-state index contributed by atoms with van der Waals surface area (Å²) >= 11 is 3.55. The van der Waals surface area contributed by atoms with Crippen LogP contribution in [0.15, 0.2) is 89.4 Å². The van der Waals surface area contributed by atoms with E-state index < -0.39 is 0 Å². The van der Waals surface area contributed by atoms with Crippen molar-refractivity contribution in [3.05, 3.63) is 101 Å². The molecule has 0 radical (unpaired) electrons. The third-order valence-electron chi connectivity index (χ3n) is 5.94. The molecule has 0 spiro atoms.